The van der Waals surface area contributed by atoms with Crippen molar-refractivity contribution in [3.63, 3.8) is 0 Å². The fourth-order valence-corrected chi connectivity index (χ4v) is 1.42. The minimum Gasteiger partial charge on any atom is -0.392 e. The zero-order chi connectivity index (χ0) is 12.0. The molecule has 86 valence electrons. The van der Waals surface area contributed by atoms with Crippen molar-refractivity contribution in [1.82, 2.24) is 5.32 Å². The van der Waals surface area contributed by atoms with Crippen LogP contribution in [-0.4, -0.2) is 17.8 Å². The maximum atomic E-state index is 9.43. The second kappa shape index (κ2) is 6.26. The Kier molecular flexibility index (Phi) is 4.97. The van der Waals surface area contributed by atoms with Crippen LogP contribution in [0.5, 0.6) is 0 Å². The van der Waals surface area contributed by atoms with Gasteiger partial charge in [0, 0.05) is 12.6 Å². The lowest BCUT2D eigenvalue weighted by Gasteiger charge is -2.16. The molecule has 0 fully saturated rings. The van der Waals surface area contributed by atoms with Gasteiger partial charge in [-0.15, -0.1) is 0 Å². The van der Waals surface area contributed by atoms with E-state index in [4.69, 9.17) is 5.26 Å². The van der Waals surface area contributed by atoms with Gasteiger partial charge in [-0.05, 0) is 31.0 Å². The number of aliphatic hydroxyl groups is 1. The van der Waals surface area contributed by atoms with Crippen LogP contribution in [0.25, 0.3) is 0 Å². The SMILES string of the molecule is CCC(O)CNC(C)c1ccc(C#N)cc1. The molecule has 3 heteroatoms. The quantitative estimate of drug-likeness (QED) is 0.794. The summed E-state index contributed by atoms with van der Waals surface area (Å²) >= 11 is 0. The predicted octanol–water partition coefficient (Wildman–Crippen LogP) is 1.98. The molecule has 2 atom stereocenters. The van der Waals surface area contributed by atoms with Crippen molar-refractivity contribution in [2.75, 3.05) is 6.54 Å². The Morgan fingerprint density at radius 3 is 2.50 bits per heavy atom. The highest BCUT2D eigenvalue weighted by Gasteiger charge is 2.07. The average Bonchev–Trinajstić information content (AvgIpc) is 2.35. The monoisotopic (exact) mass is 218 g/mol. The highest BCUT2D eigenvalue weighted by molar-refractivity contribution is 5.32. The third kappa shape index (κ3) is 3.65. The first-order chi connectivity index (χ1) is 7.67. The lowest BCUT2D eigenvalue weighted by molar-refractivity contribution is 0.164. The maximum absolute atomic E-state index is 9.43. The van der Waals surface area contributed by atoms with Gasteiger partial charge in [0.1, 0.15) is 0 Å². The molecule has 0 spiro atoms. The predicted molar refractivity (Wildman–Crippen MR) is 63.9 cm³/mol. The molecule has 0 bridgehead atoms. The van der Waals surface area contributed by atoms with Crippen molar-refractivity contribution >= 4 is 0 Å². The summed E-state index contributed by atoms with van der Waals surface area (Å²) in [5, 5.41) is 21.4. The van der Waals surface area contributed by atoms with Crippen LogP contribution in [0.1, 0.15) is 37.4 Å². The van der Waals surface area contributed by atoms with Gasteiger partial charge in [-0.25, -0.2) is 0 Å². The first-order valence-corrected chi connectivity index (χ1v) is 5.59. The number of hydrogen-bond acceptors (Lipinski definition) is 3. The van der Waals surface area contributed by atoms with E-state index in [2.05, 4.69) is 11.4 Å². The van der Waals surface area contributed by atoms with Crippen LogP contribution in [0.3, 0.4) is 0 Å². The van der Waals surface area contributed by atoms with Gasteiger partial charge in [0.25, 0.3) is 0 Å². The maximum Gasteiger partial charge on any atom is 0.0991 e. The second-order valence-electron chi connectivity index (χ2n) is 3.93. The van der Waals surface area contributed by atoms with Gasteiger partial charge < -0.3 is 10.4 Å². The lowest BCUT2D eigenvalue weighted by Crippen LogP contribution is -2.28. The standard InChI is InChI=1S/C13H18N2O/c1-3-13(16)9-15-10(2)12-6-4-11(8-14)5-7-12/h4-7,10,13,15-16H,3,9H2,1-2H3. The summed E-state index contributed by atoms with van der Waals surface area (Å²) in [5.74, 6) is 0. The van der Waals surface area contributed by atoms with E-state index in [1.54, 1.807) is 0 Å². The molecule has 1 aromatic rings. The van der Waals surface area contributed by atoms with Gasteiger partial charge in [0.2, 0.25) is 0 Å². The molecule has 0 aliphatic carbocycles. The van der Waals surface area contributed by atoms with E-state index in [1.165, 1.54) is 0 Å². The highest BCUT2D eigenvalue weighted by atomic mass is 16.3. The van der Waals surface area contributed by atoms with Crippen LogP contribution in [-0.2, 0) is 0 Å². The average molecular weight is 218 g/mol. The minimum atomic E-state index is -0.291. The number of nitrogens with zero attached hydrogens (tertiary/aromatic N) is 1. The van der Waals surface area contributed by atoms with Crippen molar-refractivity contribution < 1.29 is 5.11 Å². The van der Waals surface area contributed by atoms with E-state index in [-0.39, 0.29) is 12.1 Å². The molecule has 1 aromatic carbocycles. The fourth-order valence-electron chi connectivity index (χ4n) is 1.42. The van der Waals surface area contributed by atoms with Crippen LogP contribution < -0.4 is 5.32 Å². The Bertz CT molecular complexity index is 353. The van der Waals surface area contributed by atoms with E-state index in [0.29, 0.717) is 12.1 Å². The minimum absolute atomic E-state index is 0.189. The lowest BCUT2D eigenvalue weighted by atomic mass is 10.1. The molecule has 0 amide bonds. The van der Waals surface area contributed by atoms with E-state index < -0.39 is 0 Å². The Morgan fingerprint density at radius 1 is 1.38 bits per heavy atom. The van der Waals surface area contributed by atoms with Gasteiger partial charge in [-0.1, -0.05) is 19.1 Å². The molecule has 0 saturated heterocycles. The highest BCUT2D eigenvalue weighted by Crippen LogP contribution is 2.12. The molecule has 0 aromatic heterocycles. The van der Waals surface area contributed by atoms with E-state index in [1.807, 2.05) is 38.1 Å². The van der Waals surface area contributed by atoms with Crippen molar-refractivity contribution in [1.29, 1.82) is 5.26 Å². The molecule has 0 aliphatic rings. The van der Waals surface area contributed by atoms with Crippen molar-refractivity contribution in [3.8, 4) is 6.07 Å². The molecular formula is C13H18N2O. The van der Waals surface area contributed by atoms with Gasteiger partial charge in [-0.3, -0.25) is 0 Å². The third-order valence-corrected chi connectivity index (χ3v) is 2.67. The number of aliphatic hydroxyl groups excluding tert-OH is 1. The zero-order valence-corrected chi connectivity index (χ0v) is 9.77. The number of rotatable bonds is 5. The van der Waals surface area contributed by atoms with Gasteiger partial charge in [-0.2, -0.15) is 5.26 Å². The van der Waals surface area contributed by atoms with E-state index >= 15 is 0 Å². The first kappa shape index (κ1) is 12.7. The summed E-state index contributed by atoms with van der Waals surface area (Å²) in [6.07, 6.45) is 0.466. The Balaban J connectivity index is 2.53. The van der Waals surface area contributed by atoms with E-state index in [9.17, 15) is 5.11 Å². The second-order valence-corrected chi connectivity index (χ2v) is 3.93. The van der Waals surface area contributed by atoms with Crippen LogP contribution in [0, 0.1) is 11.3 Å². The Morgan fingerprint density at radius 2 is 2.00 bits per heavy atom. The zero-order valence-electron chi connectivity index (χ0n) is 9.77. The number of nitriles is 1. The number of hydrogen-bond donors (Lipinski definition) is 2. The summed E-state index contributed by atoms with van der Waals surface area (Å²) in [6, 6.07) is 9.78. The molecule has 1 rings (SSSR count). The molecule has 16 heavy (non-hydrogen) atoms. The molecule has 2 N–H and O–H groups in total. The van der Waals surface area contributed by atoms with Crippen molar-refractivity contribution in [2.24, 2.45) is 0 Å². The number of nitrogens with one attached hydrogen (secondary N) is 1. The van der Waals surface area contributed by atoms with Crippen LogP contribution >= 0.6 is 0 Å². The van der Waals surface area contributed by atoms with Gasteiger partial charge in [0.15, 0.2) is 0 Å². The molecule has 0 aliphatic heterocycles. The van der Waals surface area contributed by atoms with Crippen LogP contribution in [0.15, 0.2) is 24.3 Å². The summed E-state index contributed by atoms with van der Waals surface area (Å²) in [4.78, 5) is 0. The molecule has 2 unspecified atom stereocenters. The molecule has 3 nitrogen and oxygen atoms in total. The molecule has 0 heterocycles. The van der Waals surface area contributed by atoms with Gasteiger partial charge in [0.05, 0.1) is 17.7 Å². The number of benzene rings is 1. The fraction of sp³-hybridized carbons (Fsp3) is 0.462. The Hall–Kier alpha value is -1.37. The van der Waals surface area contributed by atoms with Crippen molar-refractivity contribution in [2.45, 2.75) is 32.4 Å². The summed E-state index contributed by atoms with van der Waals surface area (Å²) in [7, 11) is 0. The smallest absolute Gasteiger partial charge is 0.0991 e. The first-order valence-electron chi connectivity index (χ1n) is 5.59. The van der Waals surface area contributed by atoms with Crippen LogP contribution in [0.4, 0.5) is 0 Å². The Labute approximate surface area is 96.7 Å². The summed E-state index contributed by atoms with van der Waals surface area (Å²) in [6.45, 7) is 4.60. The summed E-state index contributed by atoms with van der Waals surface area (Å²) in [5.41, 5.74) is 1.80. The van der Waals surface area contributed by atoms with Gasteiger partial charge >= 0.3 is 0 Å². The largest absolute Gasteiger partial charge is 0.392 e. The molecule has 0 saturated carbocycles. The molecule has 0 radical (unpaired) electrons. The van der Waals surface area contributed by atoms with Crippen LogP contribution in [0.2, 0.25) is 0 Å². The topological polar surface area (TPSA) is 56.0 Å². The normalized spacial score (nSPS) is 14.1. The van der Waals surface area contributed by atoms with E-state index in [0.717, 1.165) is 12.0 Å². The summed E-state index contributed by atoms with van der Waals surface area (Å²) < 4.78 is 0. The molecular weight excluding hydrogens is 200 g/mol. The van der Waals surface area contributed by atoms with Crippen molar-refractivity contribution in [3.05, 3.63) is 35.4 Å². The third-order valence-electron chi connectivity index (χ3n) is 2.67.